The minimum Gasteiger partial charge on any atom is -0.280 e. The number of rotatable bonds is 5. The van der Waals surface area contributed by atoms with Gasteiger partial charge in [-0.25, -0.2) is 16.8 Å². The average molecular weight is 408 g/mol. The molecule has 0 aliphatic carbocycles. The number of nitrogens with one attached hydrogen (secondary N) is 2. The number of hydrogen-bond donors (Lipinski definition) is 2. The lowest BCUT2D eigenvalue weighted by Gasteiger charge is -2.11. The number of nitrogens with zero attached hydrogens (tertiary/aromatic N) is 1. The highest BCUT2D eigenvalue weighted by atomic mass is 32.2. The maximum Gasteiger partial charge on any atom is 0.262 e. The van der Waals surface area contributed by atoms with Gasteiger partial charge in [-0.1, -0.05) is 24.6 Å². The van der Waals surface area contributed by atoms with Crippen molar-refractivity contribution >= 4 is 31.6 Å². The Hall–Kier alpha value is -2.39. The average Bonchev–Trinajstić information content (AvgIpc) is 2.91. The van der Waals surface area contributed by atoms with Crippen molar-refractivity contribution in [3.8, 4) is 0 Å². The van der Waals surface area contributed by atoms with E-state index in [9.17, 15) is 16.8 Å². The third-order valence-electron chi connectivity index (χ3n) is 4.10. The zero-order chi connectivity index (χ0) is 19.3. The van der Waals surface area contributed by atoms with E-state index in [1.54, 1.807) is 18.2 Å². The van der Waals surface area contributed by atoms with Crippen molar-refractivity contribution in [1.29, 1.82) is 0 Å². The van der Waals surface area contributed by atoms with Gasteiger partial charge in [0.1, 0.15) is 5.84 Å². The van der Waals surface area contributed by atoms with Gasteiger partial charge in [-0.05, 0) is 49.2 Å². The van der Waals surface area contributed by atoms with Gasteiger partial charge in [-0.2, -0.15) is 0 Å². The summed E-state index contributed by atoms with van der Waals surface area (Å²) < 4.78 is 54.6. The van der Waals surface area contributed by atoms with Crippen LogP contribution in [-0.2, 0) is 20.0 Å². The van der Waals surface area contributed by atoms with Crippen LogP contribution in [0.3, 0.4) is 0 Å². The van der Waals surface area contributed by atoms with Crippen LogP contribution in [0.15, 0.2) is 69.4 Å². The topological polar surface area (TPSA) is 105 Å². The molecule has 0 aromatic heterocycles. The first-order chi connectivity index (χ1) is 12.9. The summed E-state index contributed by atoms with van der Waals surface area (Å²) in [5.74, 6) is 0.473. The monoisotopic (exact) mass is 407 g/mol. The molecule has 0 bridgehead atoms. The second-order valence-electron chi connectivity index (χ2n) is 6.19. The Morgan fingerprint density at radius 2 is 1.33 bits per heavy atom. The maximum atomic E-state index is 12.5. The number of hydrogen-bond acceptors (Lipinski definition) is 5. The largest absolute Gasteiger partial charge is 0.280 e. The molecule has 144 valence electrons. The lowest BCUT2D eigenvalue weighted by atomic mass is 10.2. The molecule has 2 aromatic rings. The van der Waals surface area contributed by atoms with Crippen LogP contribution in [0.1, 0.15) is 25.7 Å². The highest BCUT2D eigenvalue weighted by molar-refractivity contribution is 7.92. The number of aliphatic imine (C=N–C) groups is 1. The smallest absolute Gasteiger partial charge is 0.262 e. The van der Waals surface area contributed by atoms with Crippen LogP contribution >= 0.6 is 0 Å². The van der Waals surface area contributed by atoms with E-state index in [1.807, 2.05) is 0 Å². The van der Waals surface area contributed by atoms with Crippen molar-refractivity contribution in [2.75, 3.05) is 11.3 Å². The van der Waals surface area contributed by atoms with Crippen LogP contribution < -0.4 is 9.44 Å². The fourth-order valence-corrected chi connectivity index (χ4v) is 4.86. The lowest BCUT2D eigenvalue weighted by molar-refractivity contribution is 0.591. The molecular weight excluding hydrogens is 386 g/mol. The van der Waals surface area contributed by atoms with E-state index in [4.69, 9.17) is 0 Å². The molecule has 9 heteroatoms. The molecule has 0 fully saturated rings. The van der Waals surface area contributed by atoms with Gasteiger partial charge < -0.3 is 0 Å². The van der Waals surface area contributed by atoms with Crippen molar-refractivity contribution in [2.24, 2.45) is 4.99 Å². The molecule has 2 aromatic carbocycles. The first-order valence-electron chi connectivity index (χ1n) is 8.61. The lowest BCUT2D eigenvalue weighted by Crippen LogP contribution is -2.30. The quantitative estimate of drug-likeness (QED) is 0.795. The van der Waals surface area contributed by atoms with Crippen LogP contribution in [0.25, 0.3) is 0 Å². The molecule has 1 heterocycles. The van der Waals surface area contributed by atoms with Crippen LogP contribution in [0.2, 0.25) is 0 Å². The Morgan fingerprint density at radius 1 is 0.704 bits per heavy atom. The van der Waals surface area contributed by atoms with E-state index in [2.05, 4.69) is 14.4 Å². The molecule has 3 rings (SSSR count). The Bertz CT molecular complexity index is 1020. The van der Waals surface area contributed by atoms with Crippen molar-refractivity contribution in [2.45, 2.75) is 35.5 Å². The second-order valence-corrected chi connectivity index (χ2v) is 9.55. The number of benzene rings is 2. The second kappa shape index (κ2) is 8.10. The Kier molecular flexibility index (Phi) is 5.81. The Balaban J connectivity index is 1.74. The van der Waals surface area contributed by atoms with Gasteiger partial charge in [0.2, 0.25) is 0 Å². The summed E-state index contributed by atoms with van der Waals surface area (Å²) in [5, 5.41) is 0. The minimum atomic E-state index is -3.75. The first kappa shape index (κ1) is 19.4. The van der Waals surface area contributed by atoms with Crippen molar-refractivity contribution in [3.05, 3.63) is 54.6 Å². The molecule has 0 saturated heterocycles. The van der Waals surface area contributed by atoms with E-state index in [1.165, 1.54) is 36.4 Å². The molecule has 0 spiro atoms. The van der Waals surface area contributed by atoms with Gasteiger partial charge in [0.05, 0.1) is 9.79 Å². The molecule has 1 aliphatic rings. The zero-order valence-electron chi connectivity index (χ0n) is 14.6. The van der Waals surface area contributed by atoms with Gasteiger partial charge in [-0.3, -0.25) is 14.4 Å². The molecule has 0 saturated carbocycles. The predicted molar refractivity (Wildman–Crippen MR) is 105 cm³/mol. The van der Waals surface area contributed by atoms with Crippen molar-refractivity contribution in [3.63, 3.8) is 0 Å². The van der Waals surface area contributed by atoms with Gasteiger partial charge in [0.25, 0.3) is 20.0 Å². The van der Waals surface area contributed by atoms with Gasteiger partial charge >= 0.3 is 0 Å². The molecule has 0 amide bonds. The highest BCUT2D eigenvalue weighted by Gasteiger charge is 2.18. The summed E-state index contributed by atoms with van der Waals surface area (Å²) >= 11 is 0. The van der Waals surface area contributed by atoms with Crippen LogP contribution in [0.5, 0.6) is 0 Å². The normalized spacial score (nSPS) is 15.5. The van der Waals surface area contributed by atoms with E-state index in [0.29, 0.717) is 18.8 Å². The Labute approximate surface area is 159 Å². The van der Waals surface area contributed by atoms with Crippen molar-refractivity contribution < 1.29 is 16.8 Å². The van der Waals surface area contributed by atoms with Gasteiger partial charge in [0.15, 0.2) is 0 Å². The third-order valence-corrected chi connectivity index (χ3v) is 6.89. The fourth-order valence-electron chi connectivity index (χ4n) is 2.69. The summed E-state index contributed by atoms with van der Waals surface area (Å²) in [4.78, 5) is 4.46. The molecule has 0 radical (unpaired) electrons. The molecule has 27 heavy (non-hydrogen) atoms. The molecule has 2 N–H and O–H groups in total. The summed E-state index contributed by atoms with van der Waals surface area (Å²) in [6.07, 6.45) is 3.50. The van der Waals surface area contributed by atoms with Gasteiger partial charge in [0, 0.05) is 18.7 Å². The number of amidine groups is 1. The standard InChI is InChI=1S/C18H21N3O4S2/c22-26(23,16-7-3-1-4-8-16)20-15-10-12-17(13-11-15)27(24,25)21-18-9-5-2-6-14-19-18/h1,3-4,7-8,10-13,20H,2,5-6,9,14H2,(H,19,21). The number of anilines is 1. The third kappa shape index (κ3) is 5.08. The highest BCUT2D eigenvalue weighted by Crippen LogP contribution is 2.19. The van der Waals surface area contributed by atoms with Crippen molar-refractivity contribution in [1.82, 2.24) is 4.72 Å². The SMILES string of the molecule is O=S(=O)(NC1=NCCCCC1)c1ccc(NS(=O)(=O)c2ccccc2)cc1. The van der Waals surface area contributed by atoms with E-state index in [-0.39, 0.29) is 15.5 Å². The summed E-state index contributed by atoms with van der Waals surface area (Å²) in [6, 6.07) is 13.5. The first-order valence-corrected chi connectivity index (χ1v) is 11.6. The molecular formula is C18H21N3O4S2. The maximum absolute atomic E-state index is 12.5. The molecule has 0 atom stereocenters. The molecule has 7 nitrogen and oxygen atoms in total. The molecule has 1 aliphatic heterocycles. The van der Waals surface area contributed by atoms with Crippen LogP contribution in [-0.4, -0.2) is 29.2 Å². The number of sulfonamides is 2. The van der Waals surface area contributed by atoms with E-state index >= 15 is 0 Å². The predicted octanol–water partition coefficient (Wildman–Crippen LogP) is 2.74. The van der Waals surface area contributed by atoms with Crippen LogP contribution in [0, 0.1) is 0 Å². The summed E-state index contributed by atoms with van der Waals surface area (Å²) in [5.41, 5.74) is 0.282. The van der Waals surface area contributed by atoms with E-state index in [0.717, 1.165) is 19.3 Å². The summed E-state index contributed by atoms with van der Waals surface area (Å²) in [7, 11) is -7.47. The molecule has 0 unspecified atom stereocenters. The minimum absolute atomic E-state index is 0.0529. The Morgan fingerprint density at radius 3 is 2.04 bits per heavy atom. The summed E-state index contributed by atoms with van der Waals surface area (Å²) in [6.45, 7) is 0.623. The van der Waals surface area contributed by atoms with Crippen LogP contribution in [0.4, 0.5) is 5.69 Å². The van der Waals surface area contributed by atoms with Gasteiger partial charge in [-0.15, -0.1) is 0 Å². The van der Waals surface area contributed by atoms with E-state index < -0.39 is 20.0 Å². The fraction of sp³-hybridized carbons (Fsp3) is 0.278. The zero-order valence-corrected chi connectivity index (χ0v) is 16.3.